The minimum absolute atomic E-state index is 0. The van der Waals surface area contributed by atoms with Gasteiger partial charge in [-0.2, -0.15) is 5.10 Å². The van der Waals surface area contributed by atoms with Gasteiger partial charge in [-0.15, -0.1) is 12.4 Å². The SMILES string of the molecule is CCc1nn2c(C)c(CN)c(C)nc2c1S(=O)(=O)c1cccc(Cl)c1.Cl. The van der Waals surface area contributed by atoms with Gasteiger partial charge in [-0.25, -0.2) is 17.9 Å². The molecule has 0 atom stereocenters. The maximum absolute atomic E-state index is 13.2. The summed E-state index contributed by atoms with van der Waals surface area (Å²) in [5.41, 5.74) is 8.97. The number of nitrogens with zero attached hydrogens (tertiary/aromatic N) is 3. The van der Waals surface area contributed by atoms with Gasteiger partial charge in [0.25, 0.3) is 0 Å². The summed E-state index contributed by atoms with van der Waals surface area (Å²) in [6.07, 6.45) is 0.467. The fourth-order valence-corrected chi connectivity index (χ4v) is 4.84. The van der Waals surface area contributed by atoms with Crippen LogP contribution in [0.4, 0.5) is 0 Å². The summed E-state index contributed by atoms with van der Waals surface area (Å²) in [5.74, 6) is 0. The number of rotatable bonds is 4. The number of nitrogens with two attached hydrogens (primary N) is 1. The quantitative estimate of drug-likeness (QED) is 0.706. The molecule has 0 bridgehead atoms. The zero-order valence-electron chi connectivity index (χ0n) is 14.7. The Labute approximate surface area is 163 Å². The molecule has 0 aliphatic rings. The molecule has 1 aromatic carbocycles. The van der Waals surface area contributed by atoms with E-state index in [4.69, 9.17) is 17.3 Å². The second-order valence-electron chi connectivity index (χ2n) is 5.79. The largest absolute Gasteiger partial charge is 0.326 e. The Morgan fingerprint density at radius 1 is 1.27 bits per heavy atom. The van der Waals surface area contributed by atoms with Crippen molar-refractivity contribution in [2.45, 2.75) is 43.5 Å². The summed E-state index contributed by atoms with van der Waals surface area (Å²) in [7, 11) is -3.80. The minimum atomic E-state index is -3.80. The molecule has 0 saturated heterocycles. The molecule has 3 rings (SSSR count). The van der Waals surface area contributed by atoms with E-state index in [0.717, 1.165) is 11.3 Å². The van der Waals surface area contributed by atoms with Crippen LogP contribution in [0.25, 0.3) is 5.65 Å². The van der Waals surface area contributed by atoms with Crippen molar-refractivity contribution < 1.29 is 8.42 Å². The van der Waals surface area contributed by atoms with E-state index in [-0.39, 0.29) is 22.2 Å². The van der Waals surface area contributed by atoms with E-state index in [0.29, 0.717) is 35.0 Å². The number of hydrogen-bond donors (Lipinski definition) is 1. The number of benzene rings is 1. The highest BCUT2D eigenvalue weighted by Gasteiger charge is 2.29. The van der Waals surface area contributed by atoms with Crippen LogP contribution in [0.1, 0.15) is 29.6 Å². The van der Waals surface area contributed by atoms with Gasteiger partial charge in [0.1, 0.15) is 4.90 Å². The lowest BCUT2D eigenvalue weighted by atomic mass is 10.2. The third kappa shape index (κ3) is 3.20. The highest BCUT2D eigenvalue weighted by atomic mass is 35.5. The maximum Gasteiger partial charge on any atom is 0.212 e. The first-order valence-electron chi connectivity index (χ1n) is 7.89. The minimum Gasteiger partial charge on any atom is -0.326 e. The Kier molecular flexibility index (Phi) is 5.97. The number of fused-ring (bicyclic) bond motifs is 1. The van der Waals surface area contributed by atoms with Crippen molar-refractivity contribution in [3.05, 3.63) is 51.9 Å². The number of aryl methyl sites for hydroxylation is 3. The second-order valence-corrected chi connectivity index (χ2v) is 8.11. The van der Waals surface area contributed by atoms with Crippen LogP contribution in [0.3, 0.4) is 0 Å². The number of hydrogen-bond acceptors (Lipinski definition) is 5. The number of aromatic nitrogens is 3. The van der Waals surface area contributed by atoms with Gasteiger partial charge in [0.2, 0.25) is 9.84 Å². The predicted octanol–water partition coefficient (Wildman–Crippen LogP) is 3.28. The van der Waals surface area contributed by atoms with Crippen LogP contribution in [-0.4, -0.2) is 23.0 Å². The van der Waals surface area contributed by atoms with E-state index in [1.54, 1.807) is 16.6 Å². The average molecular weight is 415 g/mol. The van der Waals surface area contributed by atoms with E-state index in [1.807, 2.05) is 20.8 Å². The first-order chi connectivity index (χ1) is 11.8. The Bertz CT molecular complexity index is 1080. The first-order valence-corrected chi connectivity index (χ1v) is 9.75. The van der Waals surface area contributed by atoms with Crippen LogP contribution in [0, 0.1) is 13.8 Å². The molecule has 2 N–H and O–H groups in total. The van der Waals surface area contributed by atoms with E-state index < -0.39 is 9.84 Å². The van der Waals surface area contributed by atoms with Crippen LogP contribution in [0.2, 0.25) is 5.02 Å². The first kappa shape index (κ1) is 20.6. The molecule has 2 aromatic heterocycles. The molecule has 0 spiro atoms. The Morgan fingerprint density at radius 2 is 1.96 bits per heavy atom. The third-order valence-electron chi connectivity index (χ3n) is 4.27. The molecule has 0 fully saturated rings. The molecule has 0 saturated carbocycles. The molecular formula is C17H20Cl2N4O2S. The van der Waals surface area contributed by atoms with Crippen molar-refractivity contribution in [2.75, 3.05) is 0 Å². The maximum atomic E-state index is 13.2. The van der Waals surface area contributed by atoms with Gasteiger partial charge < -0.3 is 5.73 Å². The normalized spacial score (nSPS) is 11.6. The zero-order chi connectivity index (χ0) is 18.4. The van der Waals surface area contributed by atoms with Crippen molar-refractivity contribution in [1.82, 2.24) is 14.6 Å². The van der Waals surface area contributed by atoms with Crippen molar-refractivity contribution >= 4 is 39.5 Å². The highest BCUT2D eigenvalue weighted by molar-refractivity contribution is 7.91. The molecular weight excluding hydrogens is 395 g/mol. The smallest absolute Gasteiger partial charge is 0.212 e. The number of halogens is 2. The van der Waals surface area contributed by atoms with E-state index >= 15 is 0 Å². The van der Waals surface area contributed by atoms with Crippen molar-refractivity contribution in [3.63, 3.8) is 0 Å². The van der Waals surface area contributed by atoms with Gasteiger partial charge in [-0.1, -0.05) is 24.6 Å². The molecule has 2 heterocycles. The summed E-state index contributed by atoms with van der Waals surface area (Å²) in [6, 6.07) is 6.21. The van der Waals surface area contributed by atoms with Crippen molar-refractivity contribution in [2.24, 2.45) is 5.73 Å². The van der Waals surface area contributed by atoms with Crippen LogP contribution in [0.5, 0.6) is 0 Å². The Balaban J connectivity index is 0.00000243. The summed E-state index contributed by atoms with van der Waals surface area (Å²) in [4.78, 5) is 4.76. The second kappa shape index (κ2) is 7.52. The topological polar surface area (TPSA) is 90.3 Å². The van der Waals surface area contributed by atoms with Crippen LogP contribution in [-0.2, 0) is 22.8 Å². The summed E-state index contributed by atoms with van der Waals surface area (Å²) >= 11 is 5.98. The van der Waals surface area contributed by atoms with Gasteiger partial charge in [0.15, 0.2) is 5.65 Å². The lowest BCUT2D eigenvalue weighted by Gasteiger charge is -2.10. The molecule has 26 heavy (non-hydrogen) atoms. The Hall–Kier alpha value is -1.67. The van der Waals surface area contributed by atoms with Crippen LogP contribution >= 0.6 is 24.0 Å². The lowest BCUT2D eigenvalue weighted by Crippen LogP contribution is -2.10. The monoisotopic (exact) mass is 414 g/mol. The predicted molar refractivity (Wildman–Crippen MR) is 104 cm³/mol. The fraction of sp³-hybridized carbons (Fsp3) is 0.294. The summed E-state index contributed by atoms with van der Waals surface area (Å²) < 4.78 is 28.1. The van der Waals surface area contributed by atoms with Crippen molar-refractivity contribution in [3.8, 4) is 0 Å². The standard InChI is InChI=1S/C17H19ClN4O2S.ClH/c1-4-15-16(25(23,24)13-7-5-6-12(18)8-13)17-20-10(2)14(9-19)11(3)22(17)21-15;/h5-8H,4,9,19H2,1-3H3;1H. The van der Waals surface area contributed by atoms with Crippen LogP contribution < -0.4 is 5.73 Å². The number of sulfone groups is 1. The van der Waals surface area contributed by atoms with Gasteiger partial charge >= 0.3 is 0 Å². The van der Waals surface area contributed by atoms with Gasteiger partial charge in [-0.05, 0) is 38.5 Å². The molecule has 0 radical (unpaired) electrons. The molecule has 0 unspecified atom stereocenters. The molecule has 0 aliphatic carbocycles. The molecule has 6 nitrogen and oxygen atoms in total. The van der Waals surface area contributed by atoms with E-state index in [9.17, 15) is 8.42 Å². The highest BCUT2D eigenvalue weighted by Crippen LogP contribution is 2.30. The molecule has 140 valence electrons. The van der Waals surface area contributed by atoms with E-state index in [2.05, 4.69) is 10.1 Å². The molecule has 3 aromatic rings. The third-order valence-corrected chi connectivity index (χ3v) is 6.33. The lowest BCUT2D eigenvalue weighted by molar-refractivity contribution is 0.595. The molecule has 0 aliphatic heterocycles. The van der Waals surface area contributed by atoms with Crippen molar-refractivity contribution in [1.29, 1.82) is 0 Å². The van der Waals surface area contributed by atoms with Gasteiger partial charge in [0.05, 0.1) is 10.6 Å². The summed E-state index contributed by atoms with van der Waals surface area (Å²) in [5, 5.41) is 4.84. The molecule has 0 amide bonds. The average Bonchev–Trinajstić information content (AvgIpc) is 2.94. The van der Waals surface area contributed by atoms with E-state index in [1.165, 1.54) is 12.1 Å². The van der Waals surface area contributed by atoms with Crippen LogP contribution in [0.15, 0.2) is 34.1 Å². The molecule has 9 heteroatoms. The zero-order valence-corrected chi connectivity index (χ0v) is 17.0. The van der Waals surface area contributed by atoms with Gasteiger partial charge in [0, 0.05) is 28.5 Å². The van der Waals surface area contributed by atoms with Gasteiger partial charge in [-0.3, -0.25) is 0 Å². The Morgan fingerprint density at radius 3 is 2.54 bits per heavy atom. The fourth-order valence-electron chi connectivity index (χ4n) is 2.94. The summed E-state index contributed by atoms with van der Waals surface area (Å²) in [6.45, 7) is 5.87.